The van der Waals surface area contributed by atoms with Gasteiger partial charge in [0.2, 0.25) is 11.8 Å². The first kappa shape index (κ1) is 13.0. The summed E-state index contributed by atoms with van der Waals surface area (Å²) in [5, 5.41) is 2.77. The van der Waals surface area contributed by atoms with E-state index in [1.807, 2.05) is 0 Å². The molecule has 0 spiro atoms. The lowest BCUT2D eigenvalue weighted by molar-refractivity contribution is -0.128. The van der Waals surface area contributed by atoms with Crippen LogP contribution in [0.1, 0.15) is 33.1 Å². The number of nitrogens with one attached hydrogen (secondary N) is 1. The molecule has 2 unspecified atom stereocenters. The van der Waals surface area contributed by atoms with Gasteiger partial charge in [-0.2, -0.15) is 0 Å². The second-order valence-electron chi connectivity index (χ2n) is 5.24. The molecule has 0 aromatic heterocycles. The Morgan fingerprint density at radius 2 is 2.00 bits per heavy atom. The Labute approximate surface area is 95.9 Å². The third-order valence-electron chi connectivity index (χ3n) is 3.22. The van der Waals surface area contributed by atoms with Crippen LogP contribution in [-0.4, -0.2) is 24.4 Å². The van der Waals surface area contributed by atoms with Crippen molar-refractivity contribution in [3.63, 3.8) is 0 Å². The van der Waals surface area contributed by atoms with Crippen LogP contribution in [0, 0.1) is 11.3 Å². The van der Waals surface area contributed by atoms with Crippen LogP contribution in [0.15, 0.2) is 0 Å². The number of carbonyl (C=O) groups excluding carboxylic acids is 2. The first-order chi connectivity index (χ1) is 7.33. The van der Waals surface area contributed by atoms with E-state index in [0.717, 1.165) is 19.3 Å². The molecular weight excluding hydrogens is 206 g/mol. The van der Waals surface area contributed by atoms with Crippen molar-refractivity contribution in [1.82, 2.24) is 5.32 Å². The molecule has 0 radical (unpaired) electrons. The lowest BCUT2D eigenvalue weighted by atomic mass is 9.92. The van der Waals surface area contributed by atoms with Crippen LogP contribution < -0.4 is 16.8 Å². The summed E-state index contributed by atoms with van der Waals surface area (Å²) in [5.41, 5.74) is 10.3. The van der Waals surface area contributed by atoms with Crippen LogP contribution in [0.25, 0.3) is 0 Å². The largest absolute Gasteiger partial charge is 0.369 e. The predicted octanol–water partition coefficient (Wildman–Crippen LogP) is -0.258. The summed E-state index contributed by atoms with van der Waals surface area (Å²) in [6.45, 7) is 3.72. The van der Waals surface area contributed by atoms with Gasteiger partial charge in [-0.15, -0.1) is 0 Å². The lowest BCUT2D eigenvalue weighted by Gasteiger charge is -2.22. The van der Waals surface area contributed by atoms with E-state index in [9.17, 15) is 9.59 Å². The van der Waals surface area contributed by atoms with Crippen molar-refractivity contribution in [2.45, 2.75) is 39.2 Å². The summed E-state index contributed by atoms with van der Waals surface area (Å²) < 4.78 is 0. The first-order valence-electron chi connectivity index (χ1n) is 5.66. The Morgan fingerprint density at radius 1 is 1.38 bits per heavy atom. The number of rotatable bonds is 4. The highest BCUT2D eigenvalue weighted by Crippen LogP contribution is 2.24. The van der Waals surface area contributed by atoms with E-state index in [1.54, 1.807) is 13.8 Å². The Bertz CT molecular complexity index is 289. The minimum absolute atomic E-state index is 0.00123. The second kappa shape index (κ2) is 4.82. The molecule has 5 nitrogen and oxygen atoms in total. The van der Waals surface area contributed by atoms with Gasteiger partial charge in [0.15, 0.2) is 0 Å². The van der Waals surface area contributed by atoms with E-state index in [-0.39, 0.29) is 24.4 Å². The zero-order chi connectivity index (χ0) is 12.3. The monoisotopic (exact) mass is 227 g/mol. The maximum absolute atomic E-state index is 11.7. The molecule has 1 fully saturated rings. The van der Waals surface area contributed by atoms with Crippen molar-refractivity contribution in [3.8, 4) is 0 Å². The summed E-state index contributed by atoms with van der Waals surface area (Å²) in [6.07, 6.45) is 2.48. The fraction of sp³-hybridized carbons (Fsp3) is 0.818. The van der Waals surface area contributed by atoms with Gasteiger partial charge in [-0.05, 0) is 33.1 Å². The van der Waals surface area contributed by atoms with Crippen LogP contribution in [-0.2, 0) is 9.59 Å². The molecule has 0 aromatic rings. The van der Waals surface area contributed by atoms with Gasteiger partial charge in [-0.25, -0.2) is 0 Å². The van der Waals surface area contributed by atoms with E-state index in [0.29, 0.717) is 0 Å². The first-order valence-corrected chi connectivity index (χ1v) is 5.66. The summed E-state index contributed by atoms with van der Waals surface area (Å²) in [6, 6.07) is 0.139. The van der Waals surface area contributed by atoms with E-state index in [1.165, 1.54) is 0 Å². The molecule has 92 valence electrons. The van der Waals surface area contributed by atoms with Gasteiger partial charge < -0.3 is 16.8 Å². The molecule has 0 aliphatic heterocycles. The summed E-state index contributed by atoms with van der Waals surface area (Å²) in [5.74, 6) is -0.420. The topological polar surface area (TPSA) is 98.2 Å². The number of hydrogen-bond donors (Lipinski definition) is 3. The highest BCUT2D eigenvalue weighted by atomic mass is 16.2. The molecule has 1 aliphatic rings. The molecule has 2 amide bonds. The smallest absolute Gasteiger partial charge is 0.224 e. The van der Waals surface area contributed by atoms with Gasteiger partial charge in [-0.3, -0.25) is 9.59 Å². The normalized spacial score (nSPS) is 25.4. The second-order valence-corrected chi connectivity index (χ2v) is 5.24. The van der Waals surface area contributed by atoms with Crippen molar-refractivity contribution in [2.24, 2.45) is 22.8 Å². The SMILES string of the molecule is CC(C)(CNC(=O)C1CCC(N)C1)C(N)=O. The van der Waals surface area contributed by atoms with Crippen molar-refractivity contribution in [2.75, 3.05) is 6.54 Å². The number of nitrogens with two attached hydrogens (primary N) is 2. The lowest BCUT2D eigenvalue weighted by Crippen LogP contribution is -2.43. The van der Waals surface area contributed by atoms with Gasteiger partial charge in [-0.1, -0.05) is 0 Å². The number of hydrogen-bond acceptors (Lipinski definition) is 3. The highest BCUT2D eigenvalue weighted by Gasteiger charge is 2.30. The zero-order valence-corrected chi connectivity index (χ0v) is 9.95. The van der Waals surface area contributed by atoms with E-state index in [2.05, 4.69) is 5.32 Å². The highest BCUT2D eigenvalue weighted by molar-refractivity contribution is 5.83. The Hall–Kier alpha value is -1.10. The fourth-order valence-electron chi connectivity index (χ4n) is 1.79. The van der Waals surface area contributed by atoms with Crippen molar-refractivity contribution in [3.05, 3.63) is 0 Å². The molecule has 0 heterocycles. The maximum Gasteiger partial charge on any atom is 0.224 e. The van der Waals surface area contributed by atoms with Crippen molar-refractivity contribution in [1.29, 1.82) is 0 Å². The molecule has 5 N–H and O–H groups in total. The van der Waals surface area contributed by atoms with E-state index in [4.69, 9.17) is 11.5 Å². The molecule has 1 aliphatic carbocycles. The Balaban J connectivity index is 2.38. The molecule has 16 heavy (non-hydrogen) atoms. The van der Waals surface area contributed by atoms with Crippen LogP contribution in [0.5, 0.6) is 0 Å². The summed E-state index contributed by atoms with van der Waals surface area (Å²) >= 11 is 0. The van der Waals surface area contributed by atoms with Gasteiger partial charge in [0, 0.05) is 18.5 Å². The van der Waals surface area contributed by atoms with Crippen LogP contribution in [0.2, 0.25) is 0 Å². The number of carbonyl (C=O) groups is 2. The third kappa shape index (κ3) is 3.20. The Morgan fingerprint density at radius 3 is 2.44 bits per heavy atom. The zero-order valence-electron chi connectivity index (χ0n) is 9.95. The van der Waals surface area contributed by atoms with Gasteiger partial charge in [0.25, 0.3) is 0 Å². The minimum Gasteiger partial charge on any atom is -0.369 e. The molecule has 0 bridgehead atoms. The molecular formula is C11H21N3O2. The minimum atomic E-state index is -0.698. The molecule has 0 saturated heterocycles. The quantitative estimate of drug-likeness (QED) is 0.617. The van der Waals surface area contributed by atoms with Gasteiger partial charge in [0.1, 0.15) is 0 Å². The summed E-state index contributed by atoms with van der Waals surface area (Å²) in [7, 11) is 0. The standard InChI is InChI=1S/C11H21N3O2/c1-11(2,10(13)16)6-14-9(15)7-3-4-8(12)5-7/h7-8H,3-6,12H2,1-2H3,(H2,13,16)(H,14,15). The van der Waals surface area contributed by atoms with Crippen molar-refractivity contribution < 1.29 is 9.59 Å². The van der Waals surface area contributed by atoms with Crippen LogP contribution in [0.3, 0.4) is 0 Å². The molecule has 1 saturated carbocycles. The van der Waals surface area contributed by atoms with Gasteiger partial charge in [0.05, 0.1) is 5.41 Å². The fourth-order valence-corrected chi connectivity index (χ4v) is 1.79. The molecule has 0 aromatic carbocycles. The van der Waals surface area contributed by atoms with E-state index < -0.39 is 11.3 Å². The third-order valence-corrected chi connectivity index (χ3v) is 3.22. The Kier molecular flexibility index (Phi) is 3.91. The number of amides is 2. The van der Waals surface area contributed by atoms with E-state index >= 15 is 0 Å². The van der Waals surface area contributed by atoms with Gasteiger partial charge >= 0.3 is 0 Å². The van der Waals surface area contributed by atoms with Crippen molar-refractivity contribution >= 4 is 11.8 Å². The van der Waals surface area contributed by atoms with Crippen LogP contribution in [0.4, 0.5) is 0 Å². The predicted molar refractivity (Wildman–Crippen MR) is 61.3 cm³/mol. The molecule has 5 heteroatoms. The summed E-state index contributed by atoms with van der Waals surface area (Å²) in [4.78, 5) is 22.8. The maximum atomic E-state index is 11.7. The molecule has 2 atom stereocenters. The molecule has 1 rings (SSSR count). The average molecular weight is 227 g/mol. The van der Waals surface area contributed by atoms with Crippen LogP contribution >= 0.6 is 0 Å². The average Bonchev–Trinajstić information content (AvgIpc) is 2.61. The number of primary amides is 1.